The largest absolute Gasteiger partial charge is 0.380 e. The molecule has 0 aliphatic carbocycles. The maximum absolute atomic E-state index is 13.0. The SMILES string of the molecule is [B]C1([B])CCC([B])([B])N1c1cc(C(=O)Nc2cc3cc(-c4cncn4C)ncc3cn2)ccn1. The molecule has 8 radical (unpaired) electrons. The molecule has 158 valence electrons. The Morgan fingerprint density at radius 3 is 2.41 bits per heavy atom. The van der Waals surface area contributed by atoms with Crippen LogP contribution < -0.4 is 10.2 Å². The lowest BCUT2D eigenvalue weighted by molar-refractivity contribution is 0.102. The molecule has 0 unspecified atom stereocenters. The van der Waals surface area contributed by atoms with Gasteiger partial charge in [-0.1, -0.05) is 0 Å². The Hall–Kier alpha value is -3.55. The topological polar surface area (TPSA) is 88.8 Å². The molecule has 1 N–H and O–H groups in total. The molecule has 0 saturated carbocycles. The van der Waals surface area contributed by atoms with Gasteiger partial charge in [0.2, 0.25) is 0 Å². The van der Waals surface area contributed by atoms with E-state index in [2.05, 4.69) is 25.3 Å². The Bertz CT molecular complexity index is 1390. The van der Waals surface area contributed by atoms with Gasteiger partial charge in [0, 0.05) is 36.6 Å². The number of nitrogens with zero attached hydrogens (tertiary/aromatic N) is 6. The van der Waals surface area contributed by atoms with Crippen LogP contribution in [0.15, 0.2) is 55.4 Å². The van der Waals surface area contributed by atoms with Gasteiger partial charge in [0.15, 0.2) is 0 Å². The van der Waals surface area contributed by atoms with Gasteiger partial charge in [0.1, 0.15) is 11.6 Å². The Morgan fingerprint density at radius 2 is 1.71 bits per heavy atom. The minimum Gasteiger partial charge on any atom is -0.380 e. The van der Waals surface area contributed by atoms with Crippen molar-refractivity contribution < 1.29 is 4.79 Å². The number of imidazole rings is 1. The van der Waals surface area contributed by atoms with Crippen molar-refractivity contribution >= 4 is 59.7 Å². The molecule has 12 heteroatoms. The molecule has 1 saturated heterocycles. The normalized spacial score (nSPS) is 16.6. The van der Waals surface area contributed by atoms with Crippen LogP contribution in [0.25, 0.3) is 22.2 Å². The van der Waals surface area contributed by atoms with E-state index in [4.69, 9.17) is 31.4 Å². The van der Waals surface area contributed by atoms with Crippen LogP contribution in [-0.2, 0) is 7.05 Å². The van der Waals surface area contributed by atoms with Crippen LogP contribution in [0.4, 0.5) is 11.6 Å². The Kier molecular flexibility index (Phi) is 5.26. The molecule has 4 aromatic heterocycles. The zero-order valence-corrected chi connectivity index (χ0v) is 18.5. The molecule has 4 aromatic rings. The fraction of sp³-hybridized carbons (Fsp3) is 0.227. The van der Waals surface area contributed by atoms with E-state index in [1.807, 2.05) is 17.7 Å². The van der Waals surface area contributed by atoms with E-state index in [-0.39, 0.29) is 5.91 Å². The molecule has 5 rings (SSSR count). The number of anilines is 2. The number of aromatic nitrogens is 5. The molecule has 1 fully saturated rings. The first-order chi connectivity index (χ1) is 16.1. The smallest absolute Gasteiger partial charge is 0.257 e. The number of pyridine rings is 3. The highest BCUT2D eigenvalue weighted by Crippen LogP contribution is 2.37. The van der Waals surface area contributed by atoms with E-state index in [1.165, 1.54) is 11.1 Å². The molecule has 1 aliphatic rings. The lowest BCUT2D eigenvalue weighted by Crippen LogP contribution is -2.56. The van der Waals surface area contributed by atoms with Crippen molar-refractivity contribution in [3.05, 3.63) is 60.9 Å². The third kappa shape index (κ3) is 3.97. The summed E-state index contributed by atoms with van der Waals surface area (Å²) in [5, 5.41) is 1.98. The maximum Gasteiger partial charge on any atom is 0.257 e. The van der Waals surface area contributed by atoms with Crippen molar-refractivity contribution in [2.45, 2.75) is 23.5 Å². The van der Waals surface area contributed by atoms with Gasteiger partial charge in [0.05, 0.1) is 55.3 Å². The van der Waals surface area contributed by atoms with Crippen molar-refractivity contribution in [3.8, 4) is 11.4 Å². The highest BCUT2D eigenvalue weighted by atomic mass is 16.1. The van der Waals surface area contributed by atoms with Gasteiger partial charge in [0.25, 0.3) is 5.91 Å². The number of carbonyl (C=O) groups is 1. The Morgan fingerprint density at radius 1 is 0.971 bits per heavy atom. The molecule has 0 spiro atoms. The summed E-state index contributed by atoms with van der Waals surface area (Å²) in [6.45, 7) is 0. The molecule has 0 atom stereocenters. The second-order valence-electron chi connectivity index (χ2n) is 8.55. The van der Waals surface area contributed by atoms with Gasteiger partial charge in [-0.3, -0.25) is 9.78 Å². The van der Waals surface area contributed by atoms with Gasteiger partial charge in [-0.15, -0.1) is 0 Å². The summed E-state index contributed by atoms with van der Waals surface area (Å²) < 4.78 is 1.88. The molecular weight excluding hydrogens is 422 g/mol. The molecule has 34 heavy (non-hydrogen) atoms. The minimum absolute atomic E-state index is 0.318. The molecular formula is C22H17B4N7O. The van der Waals surface area contributed by atoms with Crippen molar-refractivity contribution in [1.29, 1.82) is 0 Å². The summed E-state index contributed by atoms with van der Waals surface area (Å²) in [7, 11) is 26.6. The fourth-order valence-electron chi connectivity index (χ4n) is 4.16. The number of hydrogen-bond acceptors (Lipinski definition) is 6. The number of carbonyl (C=O) groups excluding carboxylic acids is 1. The summed E-state index contributed by atoms with van der Waals surface area (Å²) in [6, 6.07) is 6.83. The monoisotopic (exact) mass is 439 g/mol. The van der Waals surface area contributed by atoms with Gasteiger partial charge in [-0.2, -0.15) is 0 Å². The average molecular weight is 439 g/mol. The number of fused-ring (bicyclic) bond motifs is 1. The standard InChI is InChI=1S/C22H17B4N7O/c1-32-12-27-11-17(32)16-6-14-7-18(30-10-15(14)9-29-16)31-20(34)13-2-5-28-19(8-13)33-21(23,24)3-4-22(33,25)26/h2,5-12H,3-4H2,1H3,(H,30,31,34). The van der Waals surface area contributed by atoms with Crippen molar-refractivity contribution in [1.82, 2.24) is 24.5 Å². The predicted octanol–water partition coefficient (Wildman–Crippen LogP) is 1.26. The van der Waals surface area contributed by atoms with Crippen LogP contribution in [0.1, 0.15) is 23.2 Å². The summed E-state index contributed by atoms with van der Waals surface area (Å²) in [6.07, 6.45) is 9.09. The zero-order valence-electron chi connectivity index (χ0n) is 18.5. The van der Waals surface area contributed by atoms with Gasteiger partial charge < -0.3 is 14.8 Å². The van der Waals surface area contributed by atoms with E-state index < -0.39 is 10.7 Å². The molecule has 8 nitrogen and oxygen atoms in total. The highest BCUT2D eigenvalue weighted by molar-refractivity contribution is 6.48. The van der Waals surface area contributed by atoms with E-state index in [9.17, 15) is 4.79 Å². The van der Waals surface area contributed by atoms with Crippen LogP contribution in [0.5, 0.6) is 0 Å². The third-order valence-electron chi connectivity index (χ3n) is 5.92. The summed E-state index contributed by atoms with van der Waals surface area (Å²) in [5.41, 5.74) is 1.97. The van der Waals surface area contributed by atoms with E-state index >= 15 is 0 Å². The first-order valence-corrected chi connectivity index (χ1v) is 10.6. The second kappa shape index (κ2) is 8.04. The number of nitrogens with one attached hydrogen (secondary N) is 1. The number of aryl methyl sites for hydroxylation is 1. The fourth-order valence-corrected chi connectivity index (χ4v) is 4.16. The van der Waals surface area contributed by atoms with E-state index in [0.717, 1.165) is 22.2 Å². The maximum atomic E-state index is 13.0. The number of hydrogen-bond donors (Lipinski definition) is 1. The second-order valence-corrected chi connectivity index (χ2v) is 8.55. The van der Waals surface area contributed by atoms with Crippen LogP contribution in [-0.4, -0.2) is 72.5 Å². The summed E-state index contributed by atoms with van der Waals surface area (Å²) in [4.78, 5) is 31.7. The zero-order chi connectivity index (χ0) is 24.1. The third-order valence-corrected chi connectivity index (χ3v) is 5.92. The summed E-state index contributed by atoms with van der Waals surface area (Å²) in [5.74, 6) is 0.326. The number of amides is 1. The van der Waals surface area contributed by atoms with Gasteiger partial charge in [-0.25, -0.2) is 15.0 Å². The van der Waals surface area contributed by atoms with Crippen molar-refractivity contribution in [2.24, 2.45) is 7.05 Å². The molecule has 0 aromatic carbocycles. The first-order valence-electron chi connectivity index (χ1n) is 10.6. The molecule has 5 heterocycles. The quantitative estimate of drug-likeness (QED) is 0.483. The van der Waals surface area contributed by atoms with Gasteiger partial charge >= 0.3 is 0 Å². The average Bonchev–Trinajstić information content (AvgIpc) is 3.32. The minimum atomic E-state index is -1.27. The highest BCUT2D eigenvalue weighted by Gasteiger charge is 2.43. The van der Waals surface area contributed by atoms with Gasteiger partial charge in [-0.05, 0) is 53.2 Å². The predicted molar refractivity (Wildman–Crippen MR) is 134 cm³/mol. The Labute approximate surface area is 202 Å². The Balaban J connectivity index is 1.42. The lowest BCUT2D eigenvalue weighted by Gasteiger charge is -2.44. The van der Waals surface area contributed by atoms with Crippen LogP contribution >= 0.6 is 0 Å². The molecule has 1 aliphatic heterocycles. The van der Waals surface area contributed by atoms with Crippen LogP contribution in [0, 0.1) is 0 Å². The van der Waals surface area contributed by atoms with Crippen molar-refractivity contribution in [3.63, 3.8) is 0 Å². The molecule has 0 bridgehead atoms. The van der Waals surface area contributed by atoms with E-state index in [0.29, 0.717) is 30.0 Å². The van der Waals surface area contributed by atoms with Crippen LogP contribution in [0.3, 0.4) is 0 Å². The molecule has 1 amide bonds. The van der Waals surface area contributed by atoms with Crippen LogP contribution in [0.2, 0.25) is 0 Å². The van der Waals surface area contributed by atoms with Crippen molar-refractivity contribution in [2.75, 3.05) is 10.2 Å². The lowest BCUT2D eigenvalue weighted by atomic mass is 9.58. The first kappa shape index (κ1) is 22.3. The van der Waals surface area contributed by atoms with E-state index in [1.54, 1.807) is 43.1 Å². The summed E-state index contributed by atoms with van der Waals surface area (Å²) >= 11 is 0. The number of rotatable bonds is 4.